The summed E-state index contributed by atoms with van der Waals surface area (Å²) in [4.78, 5) is 16.5. The molecule has 0 spiro atoms. The first-order valence-corrected chi connectivity index (χ1v) is 10.3. The molecule has 0 unspecified atom stereocenters. The van der Waals surface area contributed by atoms with Crippen LogP contribution in [-0.2, 0) is 17.5 Å². The van der Waals surface area contributed by atoms with Gasteiger partial charge in [0.05, 0.1) is 5.56 Å². The van der Waals surface area contributed by atoms with Crippen LogP contribution in [0.1, 0.15) is 11.1 Å². The Kier molecular flexibility index (Phi) is 6.42. The molecule has 2 aliphatic heterocycles. The summed E-state index contributed by atoms with van der Waals surface area (Å²) in [7, 11) is 0. The number of anilines is 1. The largest absolute Gasteiger partial charge is 0.454 e. The standard InChI is InChI=1S/C23H21F3N4O3/c24-23(25,26)18-2-1-3-19(11-18)28-22(31)17(12-27)14-30-8-6-29(7-9-30)13-16-4-5-20-21(10-16)33-15-32-20/h1-5,10-11,14H,6-9,13,15H2,(H,28,31)/b17-14-. The van der Waals surface area contributed by atoms with Crippen LogP contribution in [0.25, 0.3) is 0 Å². The van der Waals surface area contributed by atoms with Crippen molar-refractivity contribution in [3.05, 3.63) is 65.4 Å². The molecule has 1 amide bonds. The normalized spacial score (nSPS) is 16.4. The molecule has 4 rings (SSSR count). The number of benzene rings is 2. The molecule has 2 aromatic carbocycles. The predicted molar refractivity (Wildman–Crippen MR) is 113 cm³/mol. The lowest BCUT2D eigenvalue weighted by molar-refractivity contribution is -0.137. The highest BCUT2D eigenvalue weighted by atomic mass is 19.4. The third-order valence-electron chi connectivity index (χ3n) is 5.37. The van der Waals surface area contributed by atoms with Crippen molar-refractivity contribution in [1.82, 2.24) is 9.80 Å². The van der Waals surface area contributed by atoms with E-state index in [4.69, 9.17) is 9.47 Å². The first-order chi connectivity index (χ1) is 15.8. The third-order valence-corrected chi connectivity index (χ3v) is 5.37. The lowest BCUT2D eigenvalue weighted by Crippen LogP contribution is -2.43. The minimum atomic E-state index is -4.52. The highest BCUT2D eigenvalue weighted by Crippen LogP contribution is 2.33. The number of ether oxygens (including phenoxy) is 2. The van der Waals surface area contributed by atoms with Gasteiger partial charge in [0.15, 0.2) is 11.5 Å². The van der Waals surface area contributed by atoms with Crippen LogP contribution in [0.5, 0.6) is 11.5 Å². The summed E-state index contributed by atoms with van der Waals surface area (Å²) in [5.74, 6) is 0.722. The first-order valence-electron chi connectivity index (χ1n) is 10.3. The van der Waals surface area contributed by atoms with Crippen molar-refractivity contribution in [3.8, 4) is 17.6 Å². The van der Waals surface area contributed by atoms with Crippen LogP contribution in [0.2, 0.25) is 0 Å². The van der Waals surface area contributed by atoms with Crippen molar-refractivity contribution < 1.29 is 27.4 Å². The summed E-state index contributed by atoms with van der Waals surface area (Å²) in [6, 6.07) is 12.0. The van der Waals surface area contributed by atoms with Gasteiger partial charge in [0.1, 0.15) is 11.6 Å². The Labute approximate surface area is 188 Å². The summed E-state index contributed by atoms with van der Waals surface area (Å²) in [6.07, 6.45) is -3.06. The Morgan fingerprint density at radius 3 is 2.58 bits per heavy atom. The van der Waals surface area contributed by atoms with Crippen molar-refractivity contribution in [3.63, 3.8) is 0 Å². The van der Waals surface area contributed by atoms with Crippen molar-refractivity contribution in [1.29, 1.82) is 5.26 Å². The number of hydrogen-bond acceptors (Lipinski definition) is 6. The second-order valence-electron chi connectivity index (χ2n) is 7.69. The fraction of sp³-hybridized carbons (Fsp3) is 0.304. The number of rotatable bonds is 5. The van der Waals surface area contributed by atoms with Crippen LogP contribution in [0.15, 0.2) is 54.2 Å². The quantitative estimate of drug-likeness (QED) is 0.545. The summed E-state index contributed by atoms with van der Waals surface area (Å²) < 4.78 is 49.3. The number of nitrogens with zero attached hydrogens (tertiary/aromatic N) is 3. The second kappa shape index (κ2) is 9.42. The number of fused-ring (bicyclic) bond motifs is 1. The van der Waals surface area contributed by atoms with Gasteiger partial charge in [-0.3, -0.25) is 9.69 Å². The van der Waals surface area contributed by atoms with Crippen LogP contribution in [0, 0.1) is 11.3 Å². The van der Waals surface area contributed by atoms with Crippen LogP contribution in [-0.4, -0.2) is 48.7 Å². The fourth-order valence-electron chi connectivity index (χ4n) is 3.64. The van der Waals surface area contributed by atoms with Crippen molar-refractivity contribution in [2.24, 2.45) is 0 Å². The number of piperazine rings is 1. The molecule has 0 atom stereocenters. The van der Waals surface area contributed by atoms with Gasteiger partial charge in [-0.15, -0.1) is 0 Å². The van der Waals surface area contributed by atoms with Gasteiger partial charge in [0.25, 0.3) is 5.91 Å². The minimum Gasteiger partial charge on any atom is -0.454 e. The number of nitriles is 1. The molecule has 0 bridgehead atoms. The fourth-order valence-corrected chi connectivity index (χ4v) is 3.64. The molecule has 2 aromatic rings. The van der Waals surface area contributed by atoms with Crippen LogP contribution in [0.3, 0.4) is 0 Å². The number of nitrogens with one attached hydrogen (secondary N) is 1. The van der Waals surface area contributed by atoms with Crippen LogP contribution < -0.4 is 14.8 Å². The molecule has 1 N–H and O–H groups in total. The molecule has 0 radical (unpaired) electrons. The van der Waals surface area contributed by atoms with Crippen molar-refractivity contribution >= 4 is 11.6 Å². The number of halogens is 3. The molecule has 33 heavy (non-hydrogen) atoms. The van der Waals surface area contributed by atoms with E-state index in [1.807, 2.05) is 29.2 Å². The Balaban J connectivity index is 1.33. The van der Waals surface area contributed by atoms with Gasteiger partial charge in [-0.25, -0.2) is 0 Å². The van der Waals surface area contributed by atoms with E-state index in [0.29, 0.717) is 13.1 Å². The topological polar surface area (TPSA) is 77.8 Å². The molecule has 0 aliphatic carbocycles. The summed E-state index contributed by atoms with van der Waals surface area (Å²) in [5, 5.41) is 11.8. The highest BCUT2D eigenvalue weighted by Gasteiger charge is 2.30. The molecular weight excluding hydrogens is 437 g/mol. The molecule has 7 nitrogen and oxygen atoms in total. The van der Waals surface area contributed by atoms with Crippen molar-refractivity contribution in [2.75, 3.05) is 38.3 Å². The SMILES string of the molecule is N#C/C(=C/N1CCN(Cc2ccc3c(c2)OCO3)CC1)C(=O)Nc1cccc(C(F)(F)F)c1. The molecule has 1 saturated heterocycles. The van der Waals surface area contributed by atoms with Gasteiger partial charge in [-0.2, -0.15) is 18.4 Å². The zero-order valence-electron chi connectivity index (χ0n) is 17.6. The van der Waals surface area contributed by atoms with E-state index in [1.165, 1.54) is 18.3 Å². The van der Waals surface area contributed by atoms with E-state index in [0.717, 1.165) is 48.8 Å². The van der Waals surface area contributed by atoms with Gasteiger partial charge in [-0.1, -0.05) is 12.1 Å². The molecule has 2 aliphatic rings. The zero-order valence-corrected chi connectivity index (χ0v) is 17.6. The number of carbonyl (C=O) groups excluding carboxylic acids is 1. The van der Waals surface area contributed by atoms with Gasteiger partial charge in [-0.05, 0) is 35.9 Å². The third kappa shape index (κ3) is 5.56. The molecular formula is C23H21F3N4O3. The average molecular weight is 458 g/mol. The Hall–Kier alpha value is -3.71. The summed E-state index contributed by atoms with van der Waals surface area (Å²) >= 11 is 0. The molecule has 0 saturated carbocycles. The maximum Gasteiger partial charge on any atom is 0.416 e. The second-order valence-corrected chi connectivity index (χ2v) is 7.69. The zero-order chi connectivity index (χ0) is 23.4. The Morgan fingerprint density at radius 2 is 1.85 bits per heavy atom. The van der Waals surface area contributed by atoms with Gasteiger partial charge >= 0.3 is 6.18 Å². The first kappa shape index (κ1) is 22.5. The maximum atomic E-state index is 12.9. The molecule has 172 valence electrons. The van der Waals surface area contributed by atoms with E-state index < -0.39 is 17.6 Å². The number of carbonyl (C=O) groups is 1. The summed E-state index contributed by atoms with van der Waals surface area (Å²) in [5.41, 5.74) is 0.0314. The Bertz CT molecular complexity index is 1100. The van der Waals surface area contributed by atoms with Gasteiger partial charge < -0.3 is 19.7 Å². The predicted octanol–water partition coefficient (Wildman–Crippen LogP) is 3.60. The lowest BCUT2D eigenvalue weighted by atomic mass is 10.1. The number of amides is 1. The van der Waals surface area contributed by atoms with E-state index in [1.54, 1.807) is 0 Å². The lowest BCUT2D eigenvalue weighted by Gasteiger charge is -2.34. The van der Waals surface area contributed by atoms with E-state index in [-0.39, 0.29) is 18.1 Å². The average Bonchev–Trinajstić information content (AvgIpc) is 3.26. The summed E-state index contributed by atoms with van der Waals surface area (Å²) in [6.45, 7) is 3.61. The Morgan fingerprint density at radius 1 is 1.09 bits per heavy atom. The van der Waals surface area contributed by atoms with Crippen LogP contribution in [0.4, 0.5) is 18.9 Å². The minimum absolute atomic E-state index is 0.0236. The molecule has 1 fully saturated rings. The molecule has 10 heteroatoms. The molecule has 2 heterocycles. The van der Waals surface area contributed by atoms with E-state index >= 15 is 0 Å². The monoisotopic (exact) mass is 458 g/mol. The smallest absolute Gasteiger partial charge is 0.416 e. The number of alkyl halides is 3. The number of hydrogen-bond donors (Lipinski definition) is 1. The van der Waals surface area contributed by atoms with Crippen LogP contribution >= 0.6 is 0 Å². The van der Waals surface area contributed by atoms with E-state index in [9.17, 15) is 23.2 Å². The highest BCUT2D eigenvalue weighted by molar-refractivity contribution is 6.06. The van der Waals surface area contributed by atoms with E-state index in [2.05, 4.69) is 10.2 Å². The van der Waals surface area contributed by atoms with Gasteiger partial charge in [0, 0.05) is 44.6 Å². The maximum absolute atomic E-state index is 12.9. The van der Waals surface area contributed by atoms with Gasteiger partial charge in [0.2, 0.25) is 6.79 Å². The van der Waals surface area contributed by atoms with Crippen molar-refractivity contribution in [2.45, 2.75) is 12.7 Å². The molecule has 0 aromatic heterocycles.